The highest BCUT2D eigenvalue weighted by Crippen LogP contribution is 2.29. The van der Waals surface area contributed by atoms with Gasteiger partial charge >= 0.3 is 0 Å². The number of rotatable bonds is 4. The van der Waals surface area contributed by atoms with E-state index in [9.17, 15) is 4.79 Å². The van der Waals surface area contributed by atoms with Crippen LogP contribution in [0.2, 0.25) is 0 Å². The third-order valence-electron chi connectivity index (χ3n) is 3.35. The molecule has 120 valence electrons. The lowest BCUT2D eigenvalue weighted by molar-refractivity contribution is -0.113. The first kappa shape index (κ1) is 15.6. The second-order valence-electron chi connectivity index (χ2n) is 5.02. The van der Waals surface area contributed by atoms with Gasteiger partial charge in [-0.1, -0.05) is 57.2 Å². The van der Waals surface area contributed by atoms with Gasteiger partial charge in [0.05, 0.1) is 16.0 Å². The van der Waals surface area contributed by atoms with E-state index in [4.69, 9.17) is 0 Å². The maximum atomic E-state index is 12.2. The third kappa shape index (κ3) is 3.04. The highest BCUT2D eigenvalue weighted by Gasteiger charge is 2.14. The molecule has 0 fully saturated rings. The number of nitrogens with zero attached hydrogens (tertiary/aromatic N) is 3. The van der Waals surface area contributed by atoms with E-state index < -0.39 is 0 Å². The zero-order chi connectivity index (χ0) is 16.5. The molecule has 1 N–H and O–H groups in total. The summed E-state index contributed by atoms with van der Waals surface area (Å²) in [6.07, 6.45) is 0. The zero-order valence-electron chi connectivity index (χ0n) is 12.3. The third-order valence-corrected chi connectivity index (χ3v) is 5.79. The highest BCUT2D eigenvalue weighted by atomic mass is 79.9. The van der Waals surface area contributed by atoms with Gasteiger partial charge in [0.1, 0.15) is 0 Å². The maximum absolute atomic E-state index is 12.2. The molecule has 5 nitrogen and oxygen atoms in total. The number of carbonyl (C=O) groups excluding carboxylic acids is 1. The number of hydrogen-bond donors (Lipinski definition) is 1. The van der Waals surface area contributed by atoms with Gasteiger partial charge in [0.25, 0.3) is 0 Å². The second-order valence-corrected chi connectivity index (χ2v) is 7.88. The monoisotopic (exact) mass is 418 g/mol. The van der Waals surface area contributed by atoms with Crippen molar-refractivity contribution in [1.29, 1.82) is 0 Å². The van der Waals surface area contributed by atoms with Gasteiger partial charge in [-0.25, -0.2) is 0 Å². The maximum Gasteiger partial charge on any atom is 0.234 e. The molecule has 4 aromatic rings. The molecule has 0 aliphatic heterocycles. The molecule has 0 saturated heterocycles. The first-order valence-electron chi connectivity index (χ1n) is 7.11. The Kier molecular flexibility index (Phi) is 4.26. The summed E-state index contributed by atoms with van der Waals surface area (Å²) in [4.78, 5) is 13.0. The zero-order valence-corrected chi connectivity index (χ0v) is 15.5. The Hall–Kier alpha value is -1.90. The molecule has 0 atom stereocenters. The predicted octanol–water partition coefficient (Wildman–Crippen LogP) is 4.44. The van der Waals surface area contributed by atoms with Gasteiger partial charge in [-0.05, 0) is 30.3 Å². The average molecular weight is 419 g/mol. The standard InChI is InChI=1S/C16H11BrN4OS2/c17-10-4-3-5-11(8-10)18-14(22)9-23-15-19-20-16-21(15)12-6-1-2-7-13(12)24-16/h1-8H,9H2,(H,18,22). The molecule has 0 spiro atoms. The Labute approximate surface area is 154 Å². The summed E-state index contributed by atoms with van der Waals surface area (Å²) in [5.74, 6) is 0.201. The van der Waals surface area contributed by atoms with Gasteiger partial charge in [-0.15, -0.1) is 10.2 Å². The number of hydrogen-bond acceptors (Lipinski definition) is 5. The van der Waals surface area contributed by atoms with Crippen LogP contribution in [0.1, 0.15) is 0 Å². The lowest BCUT2D eigenvalue weighted by Gasteiger charge is -2.04. The minimum atomic E-state index is -0.0746. The van der Waals surface area contributed by atoms with Crippen LogP contribution in [0.3, 0.4) is 0 Å². The number of anilines is 1. The first-order valence-corrected chi connectivity index (χ1v) is 9.71. The molecule has 2 heterocycles. The Balaban J connectivity index is 1.51. The van der Waals surface area contributed by atoms with E-state index in [0.29, 0.717) is 0 Å². The summed E-state index contributed by atoms with van der Waals surface area (Å²) in [6, 6.07) is 15.6. The fourth-order valence-electron chi connectivity index (χ4n) is 2.34. The van der Waals surface area contributed by atoms with E-state index in [-0.39, 0.29) is 11.7 Å². The van der Waals surface area contributed by atoms with Crippen LogP contribution in [-0.2, 0) is 4.79 Å². The van der Waals surface area contributed by atoms with Gasteiger partial charge in [-0.2, -0.15) is 0 Å². The van der Waals surface area contributed by atoms with Crippen molar-refractivity contribution >= 4 is 65.8 Å². The van der Waals surface area contributed by atoms with E-state index in [1.807, 2.05) is 46.9 Å². The molecule has 24 heavy (non-hydrogen) atoms. The number of thiazole rings is 1. The van der Waals surface area contributed by atoms with Crippen LogP contribution in [0.4, 0.5) is 5.69 Å². The van der Waals surface area contributed by atoms with Crippen molar-refractivity contribution in [1.82, 2.24) is 14.6 Å². The summed E-state index contributed by atoms with van der Waals surface area (Å²) in [6.45, 7) is 0. The van der Waals surface area contributed by atoms with Gasteiger partial charge < -0.3 is 5.32 Å². The normalized spacial score (nSPS) is 11.2. The van der Waals surface area contributed by atoms with Crippen molar-refractivity contribution in [3.8, 4) is 0 Å². The Morgan fingerprint density at radius 1 is 1.21 bits per heavy atom. The SMILES string of the molecule is O=C(CSc1nnc2sc3ccccc3n12)Nc1cccc(Br)c1. The number of nitrogens with one attached hydrogen (secondary N) is 1. The number of thioether (sulfide) groups is 1. The second kappa shape index (κ2) is 6.54. The predicted molar refractivity (Wildman–Crippen MR) is 102 cm³/mol. The lowest BCUT2D eigenvalue weighted by Crippen LogP contribution is -2.14. The first-order chi connectivity index (χ1) is 11.7. The van der Waals surface area contributed by atoms with Crippen molar-refractivity contribution in [2.75, 3.05) is 11.1 Å². The van der Waals surface area contributed by atoms with Crippen LogP contribution < -0.4 is 5.32 Å². The largest absolute Gasteiger partial charge is 0.325 e. The minimum absolute atomic E-state index is 0.0746. The minimum Gasteiger partial charge on any atom is -0.325 e. The smallest absolute Gasteiger partial charge is 0.234 e. The molecule has 0 bridgehead atoms. The number of benzene rings is 2. The van der Waals surface area contributed by atoms with E-state index in [1.165, 1.54) is 11.8 Å². The number of carbonyl (C=O) groups is 1. The molecule has 0 aliphatic carbocycles. The fraction of sp³-hybridized carbons (Fsp3) is 0.0625. The van der Waals surface area contributed by atoms with E-state index >= 15 is 0 Å². The Bertz CT molecular complexity index is 1040. The number of para-hydroxylation sites is 1. The molecular formula is C16H11BrN4OS2. The topological polar surface area (TPSA) is 59.3 Å². The number of amides is 1. The molecular weight excluding hydrogens is 408 g/mol. The number of aromatic nitrogens is 3. The van der Waals surface area contributed by atoms with Crippen LogP contribution in [0.25, 0.3) is 15.2 Å². The van der Waals surface area contributed by atoms with Gasteiger partial charge in [0, 0.05) is 10.2 Å². The highest BCUT2D eigenvalue weighted by molar-refractivity contribution is 9.10. The lowest BCUT2D eigenvalue weighted by atomic mass is 10.3. The van der Waals surface area contributed by atoms with Gasteiger partial charge in [-0.3, -0.25) is 9.20 Å². The molecule has 1 amide bonds. The van der Waals surface area contributed by atoms with Crippen molar-refractivity contribution in [2.24, 2.45) is 0 Å². The van der Waals surface area contributed by atoms with Gasteiger partial charge in [0.2, 0.25) is 10.9 Å². The summed E-state index contributed by atoms with van der Waals surface area (Å²) >= 11 is 6.36. The number of halogens is 1. The molecule has 0 saturated carbocycles. The summed E-state index contributed by atoms with van der Waals surface area (Å²) in [7, 11) is 0. The van der Waals surface area contributed by atoms with Crippen LogP contribution in [-0.4, -0.2) is 26.3 Å². The van der Waals surface area contributed by atoms with E-state index in [2.05, 4.69) is 37.5 Å². The van der Waals surface area contributed by atoms with Crippen LogP contribution >= 0.6 is 39.0 Å². The van der Waals surface area contributed by atoms with Crippen LogP contribution in [0.5, 0.6) is 0 Å². The summed E-state index contributed by atoms with van der Waals surface area (Å²) < 4.78 is 4.08. The van der Waals surface area contributed by atoms with E-state index in [1.54, 1.807) is 11.3 Å². The summed E-state index contributed by atoms with van der Waals surface area (Å²) in [5, 5.41) is 12.0. The van der Waals surface area contributed by atoms with Crippen molar-refractivity contribution in [2.45, 2.75) is 5.16 Å². The fourth-order valence-corrected chi connectivity index (χ4v) is 4.51. The molecule has 2 aromatic heterocycles. The van der Waals surface area contributed by atoms with Crippen molar-refractivity contribution < 1.29 is 4.79 Å². The summed E-state index contributed by atoms with van der Waals surface area (Å²) in [5.41, 5.74) is 1.83. The molecule has 0 aliphatic rings. The molecule has 0 unspecified atom stereocenters. The van der Waals surface area contributed by atoms with Crippen molar-refractivity contribution in [3.63, 3.8) is 0 Å². The Morgan fingerprint density at radius 3 is 2.96 bits per heavy atom. The number of fused-ring (bicyclic) bond motifs is 3. The molecule has 8 heteroatoms. The molecule has 2 aromatic carbocycles. The Morgan fingerprint density at radius 2 is 2.08 bits per heavy atom. The molecule has 0 radical (unpaired) electrons. The van der Waals surface area contributed by atoms with Crippen LogP contribution in [0, 0.1) is 0 Å². The van der Waals surface area contributed by atoms with Gasteiger partial charge in [0.15, 0.2) is 5.16 Å². The van der Waals surface area contributed by atoms with Crippen molar-refractivity contribution in [3.05, 3.63) is 53.0 Å². The quantitative estimate of drug-likeness (QED) is 0.497. The average Bonchev–Trinajstić information content (AvgIpc) is 3.12. The molecule has 4 rings (SSSR count). The van der Waals surface area contributed by atoms with E-state index in [0.717, 1.165) is 30.5 Å². The van der Waals surface area contributed by atoms with Crippen LogP contribution in [0.15, 0.2) is 58.2 Å².